The second-order valence-corrected chi connectivity index (χ2v) is 4.01. The number of amides is 1. The van der Waals surface area contributed by atoms with E-state index in [-0.39, 0.29) is 5.91 Å². The Balaban J connectivity index is 2.11. The van der Waals surface area contributed by atoms with E-state index < -0.39 is 0 Å². The highest BCUT2D eigenvalue weighted by Gasteiger charge is 2.15. The number of pyridine rings is 1. The molecule has 0 aliphatic carbocycles. The van der Waals surface area contributed by atoms with Crippen LogP contribution in [0.3, 0.4) is 0 Å². The maximum Gasteiger partial charge on any atom is 0.396 e. The van der Waals surface area contributed by atoms with E-state index >= 15 is 0 Å². The number of rotatable bonds is 5. The van der Waals surface area contributed by atoms with Crippen LogP contribution in [-0.4, -0.2) is 19.6 Å². The highest BCUT2D eigenvalue weighted by Crippen LogP contribution is 2.12. The Kier molecular flexibility index (Phi) is 4.55. The topological polar surface area (TPSA) is 51.4 Å². The van der Waals surface area contributed by atoms with Crippen molar-refractivity contribution in [3.63, 3.8) is 0 Å². The van der Waals surface area contributed by atoms with Crippen molar-refractivity contribution < 1.29 is 18.9 Å². The lowest BCUT2D eigenvalue weighted by atomic mass is 10.2. The van der Waals surface area contributed by atoms with Crippen molar-refractivity contribution in [2.75, 3.05) is 19.1 Å². The molecule has 5 nitrogen and oxygen atoms in total. The van der Waals surface area contributed by atoms with Crippen LogP contribution in [0, 0.1) is 0 Å². The predicted octanol–water partition coefficient (Wildman–Crippen LogP) is 1.77. The number of hydrogen-bond donors (Lipinski definition) is 1. The van der Waals surface area contributed by atoms with E-state index in [4.69, 9.17) is 9.47 Å². The van der Waals surface area contributed by atoms with Crippen molar-refractivity contribution >= 4 is 5.91 Å². The molecule has 0 atom stereocenters. The number of methoxy groups -OCH3 is 1. The van der Waals surface area contributed by atoms with E-state index in [1.807, 2.05) is 13.0 Å². The summed E-state index contributed by atoms with van der Waals surface area (Å²) < 4.78 is 12.0. The molecule has 20 heavy (non-hydrogen) atoms. The van der Waals surface area contributed by atoms with Crippen LogP contribution in [0.1, 0.15) is 17.3 Å². The van der Waals surface area contributed by atoms with E-state index in [0.29, 0.717) is 18.1 Å². The summed E-state index contributed by atoms with van der Waals surface area (Å²) in [7, 11) is 1.55. The summed E-state index contributed by atoms with van der Waals surface area (Å²) in [4.78, 5) is 12.1. The molecule has 2 aromatic rings. The highest BCUT2D eigenvalue weighted by molar-refractivity contribution is 5.98. The molecule has 2 rings (SSSR count). The maximum atomic E-state index is 12.1. The van der Waals surface area contributed by atoms with Gasteiger partial charge in [-0.05, 0) is 41.9 Å². The number of aromatic nitrogens is 1. The SMILES string of the molecule is CCOc1ccc(C(=O)N[n+]2ccccc2OC)cc1. The van der Waals surface area contributed by atoms with Gasteiger partial charge in [0.1, 0.15) is 5.75 Å². The Morgan fingerprint density at radius 2 is 1.95 bits per heavy atom. The molecule has 0 unspecified atom stereocenters. The summed E-state index contributed by atoms with van der Waals surface area (Å²) in [5.41, 5.74) is 3.29. The zero-order chi connectivity index (χ0) is 14.4. The molecule has 0 saturated heterocycles. The van der Waals surface area contributed by atoms with E-state index in [0.717, 1.165) is 5.75 Å². The summed E-state index contributed by atoms with van der Waals surface area (Å²) in [6.45, 7) is 2.52. The standard InChI is InChI=1S/C15H16N2O3/c1-3-20-13-9-7-12(8-10-13)15(18)16-17-11-5-4-6-14(17)19-2/h4-11H,3H2,1-2H3/p+1. The minimum absolute atomic E-state index is 0.220. The van der Waals surface area contributed by atoms with Gasteiger partial charge in [0.25, 0.3) is 0 Å². The van der Waals surface area contributed by atoms with Crippen molar-refractivity contribution in [2.45, 2.75) is 6.92 Å². The molecule has 1 N–H and O–H groups in total. The number of carbonyl (C=O) groups excluding carboxylic acids is 1. The molecule has 0 aliphatic heterocycles. The third kappa shape index (κ3) is 3.26. The largest absolute Gasteiger partial charge is 0.494 e. The van der Waals surface area contributed by atoms with Crippen molar-refractivity contribution in [3.05, 3.63) is 54.2 Å². The zero-order valence-corrected chi connectivity index (χ0v) is 11.5. The number of nitrogens with one attached hydrogen (secondary N) is 1. The monoisotopic (exact) mass is 273 g/mol. The van der Waals surface area contributed by atoms with Crippen LogP contribution in [0.5, 0.6) is 11.6 Å². The lowest BCUT2D eigenvalue weighted by Crippen LogP contribution is -2.48. The molecule has 0 saturated carbocycles. The second kappa shape index (κ2) is 6.56. The van der Waals surface area contributed by atoms with Crippen LogP contribution in [0.4, 0.5) is 0 Å². The van der Waals surface area contributed by atoms with Crippen LogP contribution >= 0.6 is 0 Å². The minimum atomic E-state index is -0.220. The van der Waals surface area contributed by atoms with Crippen LogP contribution in [-0.2, 0) is 0 Å². The first-order valence-electron chi connectivity index (χ1n) is 6.33. The smallest absolute Gasteiger partial charge is 0.396 e. The molecule has 1 heterocycles. The molecule has 0 bridgehead atoms. The lowest BCUT2D eigenvalue weighted by Gasteiger charge is -2.05. The summed E-state index contributed by atoms with van der Waals surface area (Å²) in [6.07, 6.45) is 1.71. The summed E-state index contributed by atoms with van der Waals surface area (Å²) in [6, 6.07) is 12.4. The van der Waals surface area contributed by atoms with Crippen LogP contribution in [0.25, 0.3) is 0 Å². The molecule has 1 amide bonds. The highest BCUT2D eigenvalue weighted by atomic mass is 16.5. The molecule has 0 fully saturated rings. The number of benzene rings is 1. The molecule has 1 aromatic carbocycles. The first-order chi connectivity index (χ1) is 9.74. The lowest BCUT2D eigenvalue weighted by molar-refractivity contribution is -0.647. The summed E-state index contributed by atoms with van der Waals surface area (Å²) in [5, 5.41) is 0. The zero-order valence-electron chi connectivity index (χ0n) is 11.5. The molecule has 0 spiro atoms. The van der Waals surface area contributed by atoms with Gasteiger partial charge in [0.2, 0.25) is 6.20 Å². The molecule has 5 heteroatoms. The Hall–Kier alpha value is -2.56. The minimum Gasteiger partial charge on any atom is -0.494 e. The van der Waals surface area contributed by atoms with Crippen LogP contribution in [0.15, 0.2) is 48.7 Å². The van der Waals surface area contributed by atoms with Gasteiger partial charge in [-0.2, -0.15) is 0 Å². The first kappa shape index (κ1) is 13.9. The third-order valence-corrected chi connectivity index (χ3v) is 2.68. The van der Waals surface area contributed by atoms with Crippen LogP contribution < -0.4 is 19.6 Å². The number of ether oxygens (including phenoxy) is 2. The fraction of sp³-hybridized carbons (Fsp3) is 0.200. The van der Waals surface area contributed by atoms with Gasteiger partial charge in [-0.3, -0.25) is 4.79 Å². The Morgan fingerprint density at radius 1 is 1.20 bits per heavy atom. The number of nitrogens with zero attached hydrogens (tertiary/aromatic N) is 1. The van der Waals surface area contributed by atoms with Crippen molar-refractivity contribution in [2.24, 2.45) is 0 Å². The van der Waals surface area contributed by atoms with Gasteiger partial charge in [-0.15, -0.1) is 5.43 Å². The summed E-state index contributed by atoms with van der Waals surface area (Å²) >= 11 is 0. The quantitative estimate of drug-likeness (QED) is 0.845. The molecule has 0 radical (unpaired) electrons. The Labute approximate surface area is 117 Å². The van der Waals surface area contributed by atoms with Gasteiger partial charge in [0, 0.05) is 11.6 Å². The molecule has 1 aromatic heterocycles. The van der Waals surface area contributed by atoms with Crippen molar-refractivity contribution in [1.82, 2.24) is 0 Å². The normalized spacial score (nSPS) is 9.90. The fourth-order valence-electron chi connectivity index (χ4n) is 1.73. The van der Waals surface area contributed by atoms with Gasteiger partial charge >= 0.3 is 11.8 Å². The Bertz CT molecular complexity index is 582. The maximum absolute atomic E-state index is 12.1. The third-order valence-electron chi connectivity index (χ3n) is 2.68. The molecule has 104 valence electrons. The first-order valence-corrected chi connectivity index (χ1v) is 6.33. The van der Waals surface area contributed by atoms with Gasteiger partial charge < -0.3 is 9.47 Å². The fourth-order valence-corrected chi connectivity index (χ4v) is 1.73. The summed E-state index contributed by atoms with van der Waals surface area (Å²) in [5.74, 6) is 1.07. The number of hydrogen-bond acceptors (Lipinski definition) is 3. The van der Waals surface area contributed by atoms with Gasteiger partial charge in [-0.1, -0.05) is 0 Å². The van der Waals surface area contributed by atoms with E-state index in [1.54, 1.807) is 49.7 Å². The van der Waals surface area contributed by atoms with E-state index in [1.165, 1.54) is 4.68 Å². The van der Waals surface area contributed by atoms with Crippen LogP contribution in [0.2, 0.25) is 0 Å². The Morgan fingerprint density at radius 3 is 2.60 bits per heavy atom. The van der Waals surface area contributed by atoms with Crippen molar-refractivity contribution in [1.29, 1.82) is 0 Å². The van der Waals surface area contributed by atoms with E-state index in [9.17, 15) is 4.79 Å². The molecular formula is C15H17N2O3+. The average molecular weight is 273 g/mol. The molecule has 0 aliphatic rings. The number of carbonyl (C=O) groups is 1. The van der Waals surface area contributed by atoms with Gasteiger partial charge in [0.05, 0.1) is 19.8 Å². The van der Waals surface area contributed by atoms with Gasteiger partial charge in [-0.25, -0.2) is 0 Å². The van der Waals surface area contributed by atoms with E-state index in [2.05, 4.69) is 5.43 Å². The second-order valence-electron chi connectivity index (χ2n) is 4.01. The van der Waals surface area contributed by atoms with Gasteiger partial charge in [0.15, 0.2) is 0 Å². The molecular weight excluding hydrogens is 256 g/mol. The average Bonchev–Trinajstić information content (AvgIpc) is 2.49. The predicted molar refractivity (Wildman–Crippen MR) is 74.5 cm³/mol. The van der Waals surface area contributed by atoms with Crippen molar-refractivity contribution in [3.8, 4) is 11.6 Å².